The molecule has 1 N–H and O–H groups in total. The van der Waals surface area contributed by atoms with Crippen molar-refractivity contribution >= 4 is 52.4 Å². The fourth-order valence-corrected chi connectivity index (χ4v) is 4.78. The summed E-state index contributed by atoms with van der Waals surface area (Å²) in [6.45, 7) is 2.72. The topological polar surface area (TPSA) is 99.3 Å². The molecule has 39 heavy (non-hydrogen) atoms. The van der Waals surface area contributed by atoms with Crippen molar-refractivity contribution in [2.24, 2.45) is 0 Å². The molecule has 0 saturated carbocycles. The number of ether oxygens (including phenoxy) is 1. The summed E-state index contributed by atoms with van der Waals surface area (Å²) in [5.74, 6) is -2.05. The monoisotopic (exact) mass is 544 g/mol. The smallest absolute Gasteiger partial charge is 0.337 e. The fraction of sp³-hybridized carbons (Fsp3) is 0.172. The molecule has 0 aromatic heterocycles. The van der Waals surface area contributed by atoms with Crippen molar-refractivity contribution in [3.63, 3.8) is 0 Å². The van der Waals surface area contributed by atoms with Crippen LogP contribution in [-0.2, 0) is 14.3 Å². The van der Waals surface area contributed by atoms with Crippen LogP contribution in [0.25, 0.3) is 0 Å². The molecular weight excluding hydrogens is 520 g/mol. The second kappa shape index (κ2) is 11.0. The number of carbonyl (C=O) groups is 4. The number of nitrogens with zero attached hydrogens (tertiary/aromatic N) is 3. The van der Waals surface area contributed by atoms with Crippen molar-refractivity contribution in [2.45, 2.75) is 0 Å². The van der Waals surface area contributed by atoms with Crippen LogP contribution in [0.5, 0.6) is 0 Å². The molecule has 0 spiro atoms. The summed E-state index contributed by atoms with van der Waals surface area (Å²) in [5.41, 5.74) is 2.43. The van der Waals surface area contributed by atoms with E-state index in [0.717, 1.165) is 23.7 Å². The summed E-state index contributed by atoms with van der Waals surface area (Å²) in [5, 5.41) is 2.62. The number of benzene rings is 3. The minimum Gasteiger partial charge on any atom is -0.465 e. The van der Waals surface area contributed by atoms with Crippen LogP contribution >= 0.6 is 11.6 Å². The number of imide groups is 1. The number of methoxy groups -OCH3 is 1. The van der Waals surface area contributed by atoms with E-state index in [4.69, 9.17) is 16.3 Å². The third-order valence-electron chi connectivity index (χ3n) is 6.64. The van der Waals surface area contributed by atoms with Gasteiger partial charge >= 0.3 is 5.97 Å². The van der Waals surface area contributed by atoms with E-state index in [1.165, 1.54) is 25.3 Å². The first kappa shape index (κ1) is 26.0. The van der Waals surface area contributed by atoms with Crippen LogP contribution in [0, 0.1) is 0 Å². The number of halogens is 1. The number of hydrogen-bond donors (Lipinski definition) is 1. The molecule has 3 aromatic rings. The van der Waals surface area contributed by atoms with Crippen LogP contribution in [0.3, 0.4) is 0 Å². The van der Waals surface area contributed by atoms with Gasteiger partial charge in [-0.3, -0.25) is 14.4 Å². The van der Waals surface area contributed by atoms with E-state index in [1.807, 2.05) is 23.1 Å². The summed E-state index contributed by atoms with van der Waals surface area (Å²) < 4.78 is 4.71. The van der Waals surface area contributed by atoms with Gasteiger partial charge in [0.25, 0.3) is 17.7 Å². The maximum absolute atomic E-state index is 13.1. The molecule has 0 atom stereocenters. The van der Waals surface area contributed by atoms with Crippen LogP contribution in [0.2, 0.25) is 0 Å². The number of carbonyl (C=O) groups excluding carboxylic acids is 4. The van der Waals surface area contributed by atoms with Gasteiger partial charge in [0.15, 0.2) is 0 Å². The van der Waals surface area contributed by atoms with E-state index in [1.54, 1.807) is 30.3 Å². The van der Waals surface area contributed by atoms with Crippen molar-refractivity contribution in [2.75, 3.05) is 48.4 Å². The first-order valence-corrected chi connectivity index (χ1v) is 12.7. The van der Waals surface area contributed by atoms with E-state index < -0.39 is 17.8 Å². The Morgan fingerprint density at radius 1 is 0.795 bits per heavy atom. The fourth-order valence-electron chi connectivity index (χ4n) is 4.57. The minimum absolute atomic E-state index is 0.0738. The maximum Gasteiger partial charge on any atom is 0.337 e. The Bertz CT molecular complexity index is 1460. The summed E-state index contributed by atoms with van der Waals surface area (Å²) in [6, 6.07) is 22.7. The zero-order chi connectivity index (χ0) is 27.5. The first-order chi connectivity index (χ1) is 18.9. The van der Waals surface area contributed by atoms with Crippen LogP contribution in [0.4, 0.5) is 17.1 Å². The normalized spacial score (nSPS) is 15.6. The molecule has 0 aliphatic carbocycles. The highest BCUT2D eigenvalue weighted by Gasteiger charge is 2.39. The molecule has 198 valence electrons. The van der Waals surface area contributed by atoms with E-state index in [9.17, 15) is 19.2 Å². The molecule has 1 fully saturated rings. The second-order valence-electron chi connectivity index (χ2n) is 8.99. The SMILES string of the molecule is COC(=O)c1cccc(N2C(=O)C(Cl)=C(Nc3ccc(C(=O)N4CCN(c5ccccc5)CC4)cc3)C2=O)c1. The van der Waals surface area contributed by atoms with E-state index in [0.29, 0.717) is 24.3 Å². The molecule has 2 heterocycles. The van der Waals surface area contributed by atoms with Gasteiger partial charge in [-0.1, -0.05) is 35.9 Å². The first-order valence-electron chi connectivity index (χ1n) is 12.3. The predicted molar refractivity (Wildman–Crippen MR) is 148 cm³/mol. The van der Waals surface area contributed by atoms with Crippen LogP contribution in [0.1, 0.15) is 20.7 Å². The molecule has 2 aliphatic rings. The molecule has 3 amide bonds. The zero-order valence-corrected chi connectivity index (χ0v) is 21.9. The minimum atomic E-state index is -0.715. The lowest BCUT2D eigenvalue weighted by atomic mass is 10.1. The van der Waals surface area contributed by atoms with Gasteiger partial charge in [0.05, 0.1) is 18.4 Å². The van der Waals surface area contributed by atoms with Gasteiger partial charge in [0, 0.05) is 43.1 Å². The van der Waals surface area contributed by atoms with Gasteiger partial charge in [-0.25, -0.2) is 9.69 Å². The van der Waals surface area contributed by atoms with Gasteiger partial charge in [-0.2, -0.15) is 0 Å². The molecule has 3 aromatic carbocycles. The highest BCUT2D eigenvalue weighted by molar-refractivity contribution is 6.53. The number of piperazine rings is 1. The number of amides is 3. The van der Waals surface area contributed by atoms with Crippen molar-refractivity contribution < 1.29 is 23.9 Å². The highest BCUT2D eigenvalue weighted by Crippen LogP contribution is 2.31. The number of nitrogens with one attached hydrogen (secondary N) is 1. The number of rotatable bonds is 6. The molecule has 1 saturated heterocycles. The highest BCUT2D eigenvalue weighted by atomic mass is 35.5. The van der Waals surface area contributed by atoms with Crippen molar-refractivity contribution in [3.8, 4) is 0 Å². The molecular formula is C29H25ClN4O5. The van der Waals surface area contributed by atoms with Crippen LogP contribution in [0.15, 0.2) is 89.6 Å². The Balaban J connectivity index is 1.24. The maximum atomic E-state index is 13.1. The number of para-hydroxylation sites is 1. The molecule has 2 aliphatic heterocycles. The third kappa shape index (κ3) is 5.21. The standard InChI is InChI=1S/C29H25ClN4O5/c1-39-29(38)20-6-5-9-23(18-20)34-27(36)24(30)25(28(34)37)31-21-12-10-19(11-13-21)26(35)33-16-14-32(15-17-33)22-7-3-2-4-8-22/h2-13,18,31H,14-17H2,1H3. The average molecular weight is 545 g/mol. The third-order valence-corrected chi connectivity index (χ3v) is 6.99. The summed E-state index contributed by atoms with van der Waals surface area (Å²) in [7, 11) is 1.24. The van der Waals surface area contributed by atoms with Gasteiger partial charge in [0.1, 0.15) is 10.7 Å². The molecule has 0 unspecified atom stereocenters. The van der Waals surface area contributed by atoms with Gasteiger partial charge in [-0.05, 0) is 54.6 Å². The van der Waals surface area contributed by atoms with Crippen molar-refractivity contribution in [3.05, 3.63) is 101 Å². The number of anilines is 3. The van der Waals surface area contributed by atoms with Crippen molar-refractivity contribution in [1.29, 1.82) is 0 Å². The predicted octanol–water partition coefficient (Wildman–Crippen LogP) is 3.87. The molecule has 5 rings (SSSR count). The summed E-state index contributed by atoms with van der Waals surface area (Å²) in [6.07, 6.45) is 0. The lowest BCUT2D eigenvalue weighted by molar-refractivity contribution is -0.120. The summed E-state index contributed by atoms with van der Waals surface area (Å²) in [4.78, 5) is 55.8. The molecule has 0 radical (unpaired) electrons. The largest absolute Gasteiger partial charge is 0.465 e. The Hall–Kier alpha value is -4.63. The van der Waals surface area contributed by atoms with Crippen LogP contribution < -0.4 is 15.1 Å². The van der Waals surface area contributed by atoms with Gasteiger partial charge in [0.2, 0.25) is 0 Å². The Kier molecular flexibility index (Phi) is 7.33. The van der Waals surface area contributed by atoms with Crippen molar-refractivity contribution in [1.82, 2.24) is 4.90 Å². The molecule has 9 nitrogen and oxygen atoms in total. The lowest BCUT2D eigenvalue weighted by Gasteiger charge is -2.36. The molecule has 10 heteroatoms. The Morgan fingerprint density at radius 2 is 1.46 bits per heavy atom. The van der Waals surface area contributed by atoms with Crippen LogP contribution in [-0.4, -0.2) is 61.9 Å². The quantitative estimate of drug-likeness (QED) is 0.371. The van der Waals surface area contributed by atoms with E-state index >= 15 is 0 Å². The average Bonchev–Trinajstić information content (AvgIpc) is 3.20. The summed E-state index contributed by atoms with van der Waals surface area (Å²) >= 11 is 6.24. The van der Waals surface area contributed by atoms with Gasteiger partial charge in [-0.15, -0.1) is 0 Å². The van der Waals surface area contributed by atoms with Gasteiger partial charge < -0.3 is 19.9 Å². The van der Waals surface area contributed by atoms with E-state index in [-0.39, 0.29) is 27.9 Å². The Labute approximate surface area is 230 Å². The number of hydrogen-bond acceptors (Lipinski definition) is 7. The lowest BCUT2D eigenvalue weighted by Crippen LogP contribution is -2.48. The Morgan fingerprint density at radius 3 is 2.13 bits per heavy atom. The number of esters is 1. The molecule has 0 bridgehead atoms. The zero-order valence-electron chi connectivity index (χ0n) is 21.1. The van der Waals surface area contributed by atoms with E-state index in [2.05, 4.69) is 22.3 Å². The second-order valence-corrected chi connectivity index (χ2v) is 9.37.